The van der Waals surface area contributed by atoms with Crippen molar-refractivity contribution in [3.05, 3.63) is 35.9 Å². The maximum absolute atomic E-state index is 11.7. The van der Waals surface area contributed by atoms with Crippen molar-refractivity contribution in [1.82, 2.24) is 9.62 Å². The van der Waals surface area contributed by atoms with Gasteiger partial charge in [0.2, 0.25) is 0 Å². The van der Waals surface area contributed by atoms with Crippen LogP contribution in [0.15, 0.2) is 30.3 Å². The third-order valence-corrected chi connectivity index (χ3v) is 3.66. The number of Topliss-reactive ketones (excluding diaryl/α,β-unsaturated/α-hetero) is 1. The lowest BCUT2D eigenvalue weighted by Gasteiger charge is -2.35. The molecule has 0 aliphatic carbocycles. The first-order valence-electron chi connectivity index (χ1n) is 5.50. The molecule has 102 valence electrons. The minimum Gasteiger partial charge on any atom is -0.297 e. The Morgan fingerprint density at radius 2 is 2.00 bits per heavy atom. The van der Waals surface area contributed by atoms with Gasteiger partial charge in [0.25, 0.3) is 5.91 Å². The van der Waals surface area contributed by atoms with Crippen LogP contribution in [0, 0.1) is 0 Å². The summed E-state index contributed by atoms with van der Waals surface area (Å²) in [6.45, 7) is -0.237. The Balaban J connectivity index is 1.86. The minimum absolute atomic E-state index is 0.0697. The number of nitrogens with zero attached hydrogens (tertiary/aromatic N) is 1. The van der Waals surface area contributed by atoms with Gasteiger partial charge in [0, 0.05) is 5.56 Å². The van der Waals surface area contributed by atoms with Gasteiger partial charge in [0.1, 0.15) is 6.04 Å². The molecule has 1 saturated heterocycles. The van der Waals surface area contributed by atoms with E-state index in [1.54, 1.807) is 30.3 Å². The highest BCUT2D eigenvalue weighted by Crippen LogP contribution is 2.14. The Morgan fingerprint density at radius 1 is 1.37 bits per heavy atom. The second-order valence-electron chi connectivity index (χ2n) is 4.07. The summed E-state index contributed by atoms with van der Waals surface area (Å²) in [6, 6.07) is 7.77. The van der Waals surface area contributed by atoms with Crippen LogP contribution in [0.25, 0.3) is 0 Å². The van der Waals surface area contributed by atoms with E-state index in [2.05, 4.69) is 5.32 Å². The summed E-state index contributed by atoms with van der Waals surface area (Å²) in [5.74, 6) is -0.956. The molecular formula is C11H12N2O5S. The number of carbonyl (C=O) groups is 2. The number of hydrogen-bond donors (Lipinski definition) is 2. The van der Waals surface area contributed by atoms with E-state index < -0.39 is 22.3 Å². The molecule has 8 heteroatoms. The lowest BCUT2D eigenvalue weighted by atomic mass is 10.1. The van der Waals surface area contributed by atoms with Gasteiger partial charge in [-0.1, -0.05) is 30.3 Å². The van der Waals surface area contributed by atoms with E-state index in [1.165, 1.54) is 0 Å². The van der Waals surface area contributed by atoms with Crippen molar-refractivity contribution in [2.75, 3.05) is 13.1 Å². The topological polar surface area (TPSA) is 104 Å². The molecule has 2 rings (SSSR count). The summed E-state index contributed by atoms with van der Waals surface area (Å²) in [6.07, 6.45) is 0. The lowest BCUT2D eigenvalue weighted by Crippen LogP contribution is -2.64. The van der Waals surface area contributed by atoms with Crippen molar-refractivity contribution in [2.24, 2.45) is 0 Å². The van der Waals surface area contributed by atoms with Gasteiger partial charge in [-0.25, -0.2) is 4.31 Å². The summed E-state index contributed by atoms with van der Waals surface area (Å²) in [4.78, 5) is 23.1. The molecule has 7 nitrogen and oxygen atoms in total. The maximum atomic E-state index is 11.7. The largest absolute Gasteiger partial charge is 0.362 e. The molecule has 1 amide bonds. The Labute approximate surface area is 110 Å². The lowest BCUT2D eigenvalue weighted by molar-refractivity contribution is -0.136. The second-order valence-corrected chi connectivity index (χ2v) is 5.41. The fourth-order valence-corrected chi connectivity index (χ4v) is 2.39. The molecule has 0 aromatic heterocycles. The van der Waals surface area contributed by atoms with Crippen LogP contribution in [-0.2, 0) is 15.1 Å². The average Bonchev–Trinajstić information content (AvgIpc) is 2.36. The molecule has 0 radical (unpaired) electrons. The van der Waals surface area contributed by atoms with Crippen molar-refractivity contribution in [1.29, 1.82) is 0 Å². The van der Waals surface area contributed by atoms with Crippen molar-refractivity contribution >= 4 is 22.0 Å². The molecule has 19 heavy (non-hydrogen) atoms. The minimum atomic E-state index is -4.48. The van der Waals surface area contributed by atoms with Gasteiger partial charge in [-0.15, -0.1) is 0 Å². The summed E-state index contributed by atoms with van der Waals surface area (Å²) < 4.78 is 30.4. The van der Waals surface area contributed by atoms with Gasteiger partial charge in [0.05, 0.1) is 13.1 Å². The fourth-order valence-electron chi connectivity index (χ4n) is 1.70. The van der Waals surface area contributed by atoms with E-state index in [-0.39, 0.29) is 18.9 Å². The van der Waals surface area contributed by atoms with Crippen LogP contribution in [0.4, 0.5) is 0 Å². The van der Waals surface area contributed by atoms with Gasteiger partial charge in [-0.05, 0) is 0 Å². The van der Waals surface area contributed by atoms with E-state index in [9.17, 15) is 18.0 Å². The highest BCUT2D eigenvalue weighted by molar-refractivity contribution is 7.84. The summed E-state index contributed by atoms with van der Waals surface area (Å²) >= 11 is 0. The van der Waals surface area contributed by atoms with Crippen LogP contribution < -0.4 is 5.32 Å². The number of benzene rings is 1. The molecule has 1 atom stereocenters. The van der Waals surface area contributed by atoms with Gasteiger partial charge in [0.15, 0.2) is 5.78 Å². The van der Waals surface area contributed by atoms with Crippen molar-refractivity contribution in [3.63, 3.8) is 0 Å². The Morgan fingerprint density at radius 3 is 2.53 bits per heavy atom. The smallest absolute Gasteiger partial charge is 0.297 e. The number of amides is 1. The number of hydrogen-bond acceptors (Lipinski definition) is 5. The standard InChI is InChI=1S/C11H12N2O5S/c14-10(8-4-2-1-3-5-8)6-12-9-7-13(11(9)15)19(16,17)18/h1-5,9,12H,6-7H2,(H,16,17,18)/t9-/m0/s1. The monoisotopic (exact) mass is 284 g/mol. The van der Waals surface area contributed by atoms with Gasteiger partial charge in [-0.3, -0.25) is 19.5 Å². The van der Waals surface area contributed by atoms with E-state index in [0.717, 1.165) is 0 Å². The highest BCUT2D eigenvalue weighted by Gasteiger charge is 2.43. The Kier molecular flexibility index (Phi) is 3.65. The number of carbonyl (C=O) groups excluding carboxylic acids is 2. The van der Waals surface area contributed by atoms with Gasteiger partial charge >= 0.3 is 10.3 Å². The molecule has 1 fully saturated rings. The average molecular weight is 284 g/mol. The van der Waals surface area contributed by atoms with Crippen molar-refractivity contribution in [3.8, 4) is 0 Å². The number of β-lactam (4-membered cyclic amide) rings is 1. The molecule has 0 saturated carbocycles. The van der Waals surface area contributed by atoms with Crippen molar-refractivity contribution < 1.29 is 22.6 Å². The molecule has 1 aromatic carbocycles. The van der Waals surface area contributed by atoms with Crippen molar-refractivity contribution in [2.45, 2.75) is 6.04 Å². The molecule has 1 aliphatic heterocycles. The molecule has 1 aliphatic rings. The summed E-state index contributed by atoms with van der Waals surface area (Å²) in [5.41, 5.74) is 0.508. The zero-order chi connectivity index (χ0) is 14.0. The molecule has 1 aromatic rings. The number of ketones is 1. The Bertz CT molecular complexity index is 599. The highest BCUT2D eigenvalue weighted by atomic mass is 32.2. The molecule has 2 N–H and O–H groups in total. The second kappa shape index (κ2) is 5.08. The molecule has 0 bridgehead atoms. The Hall–Kier alpha value is -1.77. The summed E-state index contributed by atoms with van der Waals surface area (Å²) in [7, 11) is -4.48. The third-order valence-electron chi connectivity index (χ3n) is 2.78. The molecular weight excluding hydrogens is 272 g/mol. The van der Waals surface area contributed by atoms with E-state index in [4.69, 9.17) is 4.55 Å². The zero-order valence-corrected chi connectivity index (χ0v) is 10.6. The maximum Gasteiger partial charge on any atom is 0.362 e. The molecule has 0 unspecified atom stereocenters. The fraction of sp³-hybridized carbons (Fsp3) is 0.273. The van der Waals surface area contributed by atoms with Gasteiger partial charge in [-0.2, -0.15) is 8.42 Å². The normalized spacial score (nSPS) is 19.1. The van der Waals surface area contributed by atoms with Crippen LogP contribution in [0.2, 0.25) is 0 Å². The SMILES string of the molecule is O=C(CN[C@H]1CN(S(=O)(=O)O)C1=O)c1ccccc1. The van der Waals surface area contributed by atoms with Crippen LogP contribution >= 0.6 is 0 Å². The zero-order valence-electron chi connectivity index (χ0n) is 9.81. The van der Waals surface area contributed by atoms with E-state index >= 15 is 0 Å². The van der Waals surface area contributed by atoms with Crippen LogP contribution in [-0.4, -0.2) is 48.1 Å². The first-order chi connectivity index (χ1) is 8.89. The third kappa shape index (κ3) is 2.98. The van der Waals surface area contributed by atoms with Crippen LogP contribution in [0.5, 0.6) is 0 Å². The first-order valence-corrected chi connectivity index (χ1v) is 6.90. The van der Waals surface area contributed by atoms with Gasteiger partial charge < -0.3 is 0 Å². The predicted molar refractivity (Wildman–Crippen MR) is 65.8 cm³/mol. The van der Waals surface area contributed by atoms with E-state index in [0.29, 0.717) is 9.87 Å². The van der Waals surface area contributed by atoms with Crippen LogP contribution in [0.1, 0.15) is 10.4 Å². The molecule has 0 spiro atoms. The number of nitrogens with one attached hydrogen (secondary N) is 1. The quantitative estimate of drug-likeness (QED) is 0.428. The molecule has 1 heterocycles. The first kappa shape index (κ1) is 13.7. The van der Waals surface area contributed by atoms with E-state index in [1.807, 2.05) is 0 Å². The van der Waals surface area contributed by atoms with Crippen LogP contribution in [0.3, 0.4) is 0 Å². The summed E-state index contributed by atoms with van der Waals surface area (Å²) in [5, 5.41) is 2.65. The predicted octanol–water partition coefficient (Wildman–Crippen LogP) is -0.527. The number of rotatable bonds is 5.